The van der Waals surface area contributed by atoms with Gasteiger partial charge in [0.15, 0.2) is 11.0 Å². The summed E-state index contributed by atoms with van der Waals surface area (Å²) >= 11 is 7.39. The second-order valence-electron chi connectivity index (χ2n) is 7.76. The van der Waals surface area contributed by atoms with Gasteiger partial charge >= 0.3 is 6.03 Å². The van der Waals surface area contributed by atoms with Crippen LogP contribution in [0.15, 0.2) is 47.6 Å². The van der Waals surface area contributed by atoms with Crippen LogP contribution in [0, 0.1) is 13.8 Å². The number of anilines is 1. The number of carbonyl (C=O) groups is 2. The lowest BCUT2D eigenvalue weighted by molar-refractivity contribution is -0.117. The number of ether oxygens (including phenoxy) is 1. The Hall–Kier alpha value is -3.04. The van der Waals surface area contributed by atoms with Crippen LogP contribution in [-0.4, -0.2) is 32.5 Å². The smallest absolute Gasteiger partial charge is 0.325 e. The van der Waals surface area contributed by atoms with E-state index in [4.69, 9.17) is 16.3 Å². The minimum atomic E-state index is -0.563. The highest BCUT2D eigenvalue weighted by Gasteiger charge is 2.30. The van der Waals surface area contributed by atoms with Crippen molar-refractivity contribution in [3.05, 3.63) is 64.4 Å². The predicted molar refractivity (Wildman–Crippen MR) is 128 cm³/mol. The van der Waals surface area contributed by atoms with Crippen molar-refractivity contribution in [1.29, 1.82) is 0 Å². The molecule has 0 spiro atoms. The van der Waals surface area contributed by atoms with Crippen molar-refractivity contribution >= 4 is 41.0 Å². The van der Waals surface area contributed by atoms with E-state index in [2.05, 4.69) is 20.8 Å². The Morgan fingerprint density at radius 2 is 1.94 bits per heavy atom. The topological polar surface area (TPSA) is 98.1 Å². The molecule has 2 aromatic carbocycles. The number of rotatable bonds is 8. The van der Waals surface area contributed by atoms with Gasteiger partial charge in [0, 0.05) is 11.7 Å². The quantitative estimate of drug-likeness (QED) is 0.440. The maximum atomic E-state index is 12.3. The number of aromatic nitrogens is 3. The average Bonchev–Trinajstić information content (AvgIpc) is 3.54. The molecule has 1 aliphatic rings. The summed E-state index contributed by atoms with van der Waals surface area (Å²) in [5, 5.41) is 14.7. The number of para-hydroxylation sites is 1. The minimum absolute atomic E-state index is 0.0381. The summed E-state index contributed by atoms with van der Waals surface area (Å²) in [6, 6.07) is 12.6. The summed E-state index contributed by atoms with van der Waals surface area (Å²) in [4.78, 5) is 24.6. The Balaban J connectivity index is 1.33. The number of thioether (sulfide) groups is 1. The van der Waals surface area contributed by atoms with Crippen LogP contribution in [0.1, 0.15) is 35.8 Å². The highest BCUT2D eigenvalue weighted by Crippen LogP contribution is 2.39. The van der Waals surface area contributed by atoms with E-state index >= 15 is 0 Å². The molecule has 0 unspecified atom stereocenters. The molecule has 0 radical (unpaired) electrons. The summed E-state index contributed by atoms with van der Waals surface area (Å²) < 4.78 is 7.82. The first-order valence-electron chi connectivity index (χ1n) is 10.5. The molecular formula is C23H24ClN5O3S. The van der Waals surface area contributed by atoms with Crippen molar-refractivity contribution in [2.45, 2.75) is 44.5 Å². The Labute approximate surface area is 201 Å². The lowest BCUT2D eigenvalue weighted by atomic mass is 10.1. The molecule has 0 aliphatic heterocycles. The van der Waals surface area contributed by atoms with Crippen LogP contribution in [0.25, 0.3) is 0 Å². The van der Waals surface area contributed by atoms with Crippen LogP contribution in [0.5, 0.6) is 5.75 Å². The van der Waals surface area contributed by atoms with Gasteiger partial charge in [-0.25, -0.2) is 4.79 Å². The van der Waals surface area contributed by atoms with E-state index < -0.39 is 11.9 Å². The SMILES string of the molecule is Cc1cccc(NC(=O)NC(=O)CSc2nnc(COc3ccccc3Cl)n2C2CC2)c1C. The van der Waals surface area contributed by atoms with E-state index in [0.29, 0.717) is 33.5 Å². The monoisotopic (exact) mass is 485 g/mol. The Morgan fingerprint density at radius 3 is 2.70 bits per heavy atom. The van der Waals surface area contributed by atoms with Crippen LogP contribution in [0.4, 0.5) is 10.5 Å². The van der Waals surface area contributed by atoms with Gasteiger partial charge in [-0.1, -0.05) is 47.6 Å². The van der Waals surface area contributed by atoms with Crippen LogP contribution in [-0.2, 0) is 11.4 Å². The molecule has 8 nitrogen and oxygen atoms in total. The first kappa shape index (κ1) is 23.1. The van der Waals surface area contributed by atoms with Gasteiger partial charge in [0.25, 0.3) is 0 Å². The molecule has 3 amide bonds. The molecule has 10 heteroatoms. The van der Waals surface area contributed by atoms with Gasteiger partial charge in [-0.15, -0.1) is 10.2 Å². The van der Waals surface area contributed by atoms with E-state index in [1.165, 1.54) is 11.8 Å². The number of benzene rings is 2. The highest BCUT2D eigenvalue weighted by molar-refractivity contribution is 7.99. The standard InChI is InChI=1S/C23H24ClN5O3S/c1-14-6-5-8-18(15(14)2)25-22(31)26-21(30)13-33-23-28-27-20(29(23)16-10-11-16)12-32-19-9-4-3-7-17(19)24/h3-9,16H,10-13H2,1-2H3,(H2,25,26,30,31). The van der Waals surface area contributed by atoms with E-state index in [-0.39, 0.29) is 12.4 Å². The first-order valence-corrected chi connectivity index (χ1v) is 11.9. The summed E-state index contributed by atoms with van der Waals surface area (Å²) in [5.41, 5.74) is 2.69. The van der Waals surface area contributed by atoms with Gasteiger partial charge in [-0.2, -0.15) is 0 Å². The van der Waals surface area contributed by atoms with Crippen molar-refractivity contribution < 1.29 is 14.3 Å². The van der Waals surface area contributed by atoms with Crippen molar-refractivity contribution in [3.8, 4) is 5.75 Å². The third-order valence-electron chi connectivity index (χ3n) is 5.28. The fourth-order valence-corrected chi connectivity index (χ4v) is 4.26. The molecule has 1 fully saturated rings. The summed E-state index contributed by atoms with van der Waals surface area (Å²) in [7, 11) is 0. The molecule has 2 N–H and O–H groups in total. The molecule has 0 atom stereocenters. The Kier molecular flexibility index (Phi) is 7.20. The van der Waals surface area contributed by atoms with E-state index in [9.17, 15) is 9.59 Å². The molecule has 33 heavy (non-hydrogen) atoms. The van der Waals surface area contributed by atoms with Crippen LogP contribution >= 0.6 is 23.4 Å². The second kappa shape index (κ2) is 10.3. The average molecular weight is 486 g/mol. The van der Waals surface area contributed by atoms with Gasteiger partial charge in [-0.3, -0.25) is 14.7 Å². The van der Waals surface area contributed by atoms with Crippen molar-refractivity contribution in [1.82, 2.24) is 20.1 Å². The molecule has 1 aromatic heterocycles. The lowest BCUT2D eigenvalue weighted by Gasteiger charge is -2.11. The minimum Gasteiger partial charge on any atom is -0.484 e. The number of halogens is 1. The lowest BCUT2D eigenvalue weighted by Crippen LogP contribution is -2.35. The van der Waals surface area contributed by atoms with Crippen LogP contribution in [0.3, 0.4) is 0 Å². The van der Waals surface area contributed by atoms with Gasteiger partial charge in [0.05, 0.1) is 10.8 Å². The number of urea groups is 1. The van der Waals surface area contributed by atoms with Crippen molar-refractivity contribution in [2.24, 2.45) is 0 Å². The number of hydrogen-bond donors (Lipinski definition) is 2. The number of carbonyl (C=O) groups excluding carboxylic acids is 2. The largest absolute Gasteiger partial charge is 0.484 e. The van der Waals surface area contributed by atoms with Gasteiger partial charge < -0.3 is 10.1 Å². The number of amides is 3. The third kappa shape index (κ3) is 5.85. The van der Waals surface area contributed by atoms with Crippen LogP contribution in [0.2, 0.25) is 5.02 Å². The first-order chi connectivity index (χ1) is 15.9. The number of nitrogens with one attached hydrogen (secondary N) is 2. The molecular weight excluding hydrogens is 462 g/mol. The number of hydrogen-bond acceptors (Lipinski definition) is 6. The number of aryl methyl sites for hydroxylation is 1. The number of imide groups is 1. The molecule has 1 aliphatic carbocycles. The zero-order chi connectivity index (χ0) is 23.4. The van der Waals surface area contributed by atoms with Gasteiger partial charge in [-0.05, 0) is 56.0 Å². The van der Waals surface area contributed by atoms with Crippen molar-refractivity contribution in [3.63, 3.8) is 0 Å². The number of nitrogens with zero attached hydrogens (tertiary/aromatic N) is 3. The van der Waals surface area contributed by atoms with Crippen LogP contribution < -0.4 is 15.4 Å². The molecule has 172 valence electrons. The summed E-state index contributed by atoms with van der Waals surface area (Å²) in [5.74, 6) is 0.874. The zero-order valence-corrected chi connectivity index (χ0v) is 19.9. The summed E-state index contributed by atoms with van der Waals surface area (Å²) in [6.07, 6.45) is 2.05. The molecule has 1 saturated carbocycles. The van der Waals surface area contributed by atoms with E-state index in [1.54, 1.807) is 18.2 Å². The molecule has 0 saturated heterocycles. The zero-order valence-electron chi connectivity index (χ0n) is 18.3. The highest BCUT2D eigenvalue weighted by atomic mass is 35.5. The van der Waals surface area contributed by atoms with Gasteiger partial charge in [0.2, 0.25) is 5.91 Å². The fourth-order valence-electron chi connectivity index (χ4n) is 3.24. The summed E-state index contributed by atoms with van der Waals surface area (Å²) in [6.45, 7) is 4.10. The molecule has 0 bridgehead atoms. The van der Waals surface area contributed by atoms with Crippen molar-refractivity contribution in [2.75, 3.05) is 11.1 Å². The molecule has 1 heterocycles. The fraction of sp³-hybridized carbons (Fsp3) is 0.304. The molecule has 4 rings (SSSR count). The van der Waals surface area contributed by atoms with E-state index in [0.717, 1.165) is 24.0 Å². The third-order valence-corrected chi connectivity index (χ3v) is 6.53. The second-order valence-corrected chi connectivity index (χ2v) is 9.11. The Bertz CT molecular complexity index is 1180. The van der Waals surface area contributed by atoms with E-state index in [1.807, 2.05) is 42.7 Å². The maximum Gasteiger partial charge on any atom is 0.325 e. The predicted octanol–water partition coefficient (Wildman–Crippen LogP) is 4.90. The normalized spacial score (nSPS) is 12.9. The Morgan fingerprint density at radius 1 is 1.15 bits per heavy atom. The van der Waals surface area contributed by atoms with Gasteiger partial charge in [0.1, 0.15) is 12.4 Å². The molecule has 3 aromatic rings. The maximum absolute atomic E-state index is 12.3.